The topological polar surface area (TPSA) is 67.0 Å². The first-order valence-corrected chi connectivity index (χ1v) is 3.77. The van der Waals surface area contributed by atoms with Crippen LogP contribution in [0.15, 0.2) is 17.1 Å². The molecule has 0 saturated heterocycles. The molecule has 0 saturated carbocycles. The second kappa shape index (κ2) is 3.35. The second-order valence-electron chi connectivity index (χ2n) is 2.71. The maximum atomic E-state index is 11.2. The highest BCUT2D eigenvalue weighted by atomic mass is 16.1. The van der Waals surface area contributed by atoms with E-state index in [1.54, 1.807) is 0 Å². The third-order valence-electron chi connectivity index (χ3n) is 1.69. The van der Waals surface area contributed by atoms with E-state index >= 15 is 0 Å². The molecular formula is C9H9NO3. The van der Waals surface area contributed by atoms with Gasteiger partial charge in [-0.05, 0) is 19.9 Å². The van der Waals surface area contributed by atoms with Crippen molar-refractivity contribution in [1.82, 2.24) is 4.98 Å². The zero-order chi connectivity index (χ0) is 10.0. The molecule has 0 aliphatic carbocycles. The van der Waals surface area contributed by atoms with E-state index in [1.807, 2.05) is 0 Å². The Bertz CT molecular complexity index is 417. The van der Waals surface area contributed by atoms with Gasteiger partial charge in [-0.15, -0.1) is 0 Å². The average Bonchev–Trinajstić information content (AvgIpc) is 2.02. The Kier molecular flexibility index (Phi) is 2.41. The van der Waals surface area contributed by atoms with Crippen LogP contribution in [0.3, 0.4) is 0 Å². The number of aromatic amines is 1. The first-order chi connectivity index (χ1) is 6.04. The Morgan fingerprint density at radius 1 is 1.23 bits per heavy atom. The Morgan fingerprint density at radius 3 is 2.23 bits per heavy atom. The number of carbonyl (C=O) groups is 2. The molecule has 1 rings (SSSR count). The molecule has 0 fully saturated rings. The van der Waals surface area contributed by atoms with E-state index in [2.05, 4.69) is 4.98 Å². The van der Waals surface area contributed by atoms with Crippen molar-refractivity contribution in [3.05, 3.63) is 33.7 Å². The molecule has 0 radical (unpaired) electrons. The molecule has 68 valence electrons. The lowest BCUT2D eigenvalue weighted by Gasteiger charge is -2.00. The highest BCUT2D eigenvalue weighted by molar-refractivity contribution is 6.06. The summed E-state index contributed by atoms with van der Waals surface area (Å²) in [5, 5.41) is 0. The number of ketones is 2. The zero-order valence-corrected chi connectivity index (χ0v) is 7.38. The lowest BCUT2D eigenvalue weighted by molar-refractivity contribution is 0.0979. The molecule has 4 heteroatoms. The minimum absolute atomic E-state index is 0.0602. The fraction of sp³-hybridized carbons (Fsp3) is 0.222. The maximum absolute atomic E-state index is 11.2. The summed E-state index contributed by atoms with van der Waals surface area (Å²) in [6, 6.07) is 1.43. The van der Waals surface area contributed by atoms with Crippen LogP contribution in [0.1, 0.15) is 34.6 Å². The monoisotopic (exact) mass is 179 g/mol. The van der Waals surface area contributed by atoms with Crippen molar-refractivity contribution >= 4 is 11.6 Å². The van der Waals surface area contributed by atoms with Gasteiger partial charge in [0, 0.05) is 11.8 Å². The minimum Gasteiger partial charge on any atom is -0.328 e. The fourth-order valence-electron chi connectivity index (χ4n) is 1.12. The Hall–Kier alpha value is -1.71. The van der Waals surface area contributed by atoms with E-state index in [4.69, 9.17) is 0 Å². The predicted molar refractivity (Wildman–Crippen MR) is 47.1 cm³/mol. The van der Waals surface area contributed by atoms with Crippen molar-refractivity contribution in [2.24, 2.45) is 0 Å². The number of Topliss-reactive ketones (excluding diaryl/α,β-unsaturated/α-hetero) is 2. The molecule has 0 aliphatic rings. The zero-order valence-electron chi connectivity index (χ0n) is 7.38. The van der Waals surface area contributed by atoms with E-state index in [0.29, 0.717) is 0 Å². The van der Waals surface area contributed by atoms with Crippen LogP contribution in [-0.4, -0.2) is 16.6 Å². The minimum atomic E-state index is -0.514. The van der Waals surface area contributed by atoms with Gasteiger partial charge in [0.05, 0.1) is 5.56 Å². The smallest absolute Gasteiger partial charge is 0.259 e. The van der Waals surface area contributed by atoms with E-state index in [0.717, 1.165) is 0 Å². The Balaban J connectivity index is 3.52. The van der Waals surface area contributed by atoms with Gasteiger partial charge in [0.25, 0.3) is 5.56 Å². The van der Waals surface area contributed by atoms with Crippen molar-refractivity contribution < 1.29 is 9.59 Å². The van der Waals surface area contributed by atoms with Crippen molar-refractivity contribution in [2.75, 3.05) is 0 Å². The number of pyridine rings is 1. The van der Waals surface area contributed by atoms with Crippen LogP contribution in [0.4, 0.5) is 0 Å². The first-order valence-electron chi connectivity index (χ1n) is 3.77. The second-order valence-corrected chi connectivity index (χ2v) is 2.71. The van der Waals surface area contributed by atoms with Crippen LogP contribution in [0.5, 0.6) is 0 Å². The van der Waals surface area contributed by atoms with Gasteiger partial charge in [-0.25, -0.2) is 0 Å². The van der Waals surface area contributed by atoms with E-state index in [-0.39, 0.29) is 16.9 Å². The third-order valence-corrected chi connectivity index (χ3v) is 1.69. The highest BCUT2D eigenvalue weighted by Gasteiger charge is 2.14. The fourth-order valence-corrected chi connectivity index (χ4v) is 1.12. The van der Waals surface area contributed by atoms with Crippen LogP contribution in [0.25, 0.3) is 0 Å². The number of aromatic nitrogens is 1. The number of carbonyl (C=O) groups excluding carboxylic acids is 2. The molecule has 1 heterocycles. The summed E-state index contributed by atoms with van der Waals surface area (Å²) in [7, 11) is 0. The molecular weight excluding hydrogens is 170 g/mol. The molecule has 0 unspecified atom stereocenters. The average molecular weight is 179 g/mol. The van der Waals surface area contributed by atoms with Gasteiger partial charge < -0.3 is 4.98 Å². The summed E-state index contributed by atoms with van der Waals surface area (Å²) in [4.78, 5) is 35.5. The Labute approximate surface area is 74.6 Å². The molecule has 0 atom stereocenters. The maximum Gasteiger partial charge on any atom is 0.259 e. The van der Waals surface area contributed by atoms with E-state index in [9.17, 15) is 14.4 Å². The number of H-pyrrole nitrogens is 1. The van der Waals surface area contributed by atoms with Gasteiger partial charge in [0.2, 0.25) is 0 Å². The van der Waals surface area contributed by atoms with Gasteiger partial charge in [0.15, 0.2) is 11.6 Å². The Morgan fingerprint density at radius 2 is 1.85 bits per heavy atom. The summed E-state index contributed by atoms with van der Waals surface area (Å²) >= 11 is 0. The van der Waals surface area contributed by atoms with Gasteiger partial charge in [-0.1, -0.05) is 0 Å². The molecule has 0 bridgehead atoms. The number of hydrogen-bond donors (Lipinski definition) is 1. The van der Waals surface area contributed by atoms with Crippen LogP contribution in [0.2, 0.25) is 0 Å². The van der Waals surface area contributed by atoms with E-state index < -0.39 is 11.3 Å². The third kappa shape index (κ3) is 1.72. The van der Waals surface area contributed by atoms with Crippen molar-refractivity contribution in [3.63, 3.8) is 0 Å². The molecule has 1 N–H and O–H groups in total. The normalized spacial score (nSPS) is 9.69. The molecule has 0 amide bonds. The van der Waals surface area contributed by atoms with Crippen LogP contribution in [0, 0.1) is 0 Å². The SMILES string of the molecule is CC(=O)c1cc[nH]c(=O)c1C(C)=O. The molecule has 0 spiro atoms. The summed E-state index contributed by atoms with van der Waals surface area (Å²) in [5.74, 6) is -0.677. The van der Waals surface area contributed by atoms with Gasteiger partial charge >= 0.3 is 0 Å². The number of nitrogens with one attached hydrogen (secondary N) is 1. The van der Waals surface area contributed by atoms with Crippen LogP contribution in [-0.2, 0) is 0 Å². The summed E-state index contributed by atoms with van der Waals surface area (Å²) in [6.07, 6.45) is 1.35. The largest absolute Gasteiger partial charge is 0.328 e. The standard InChI is InChI=1S/C9H9NO3/c1-5(11)7-3-4-10-9(13)8(7)6(2)12/h3-4H,1-2H3,(H,10,13). The lowest BCUT2D eigenvalue weighted by atomic mass is 10.0. The van der Waals surface area contributed by atoms with Crippen molar-refractivity contribution in [2.45, 2.75) is 13.8 Å². The van der Waals surface area contributed by atoms with Crippen LogP contribution >= 0.6 is 0 Å². The molecule has 0 aromatic carbocycles. The number of rotatable bonds is 2. The molecule has 1 aromatic rings. The summed E-state index contributed by atoms with van der Waals surface area (Å²) in [5.41, 5.74) is -0.397. The molecule has 0 aliphatic heterocycles. The predicted octanol–water partition coefficient (Wildman–Crippen LogP) is 0.780. The summed E-state index contributed by atoms with van der Waals surface area (Å²) in [6.45, 7) is 2.58. The first kappa shape index (κ1) is 9.38. The molecule has 4 nitrogen and oxygen atoms in total. The van der Waals surface area contributed by atoms with Crippen LogP contribution < -0.4 is 5.56 Å². The molecule has 13 heavy (non-hydrogen) atoms. The number of hydrogen-bond acceptors (Lipinski definition) is 3. The van der Waals surface area contributed by atoms with E-state index in [1.165, 1.54) is 26.1 Å². The quantitative estimate of drug-likeness (QED) is 0.682. The van der Waals surface area contributed by atoms with Crippen molar-refractivity contribution in [1.29, 1.82) is 0 Å². The molecule has 1 aromatic heterocycles. The summed E-state index contributed by atoms with van der Waals surface area (Å²) < 4.78 is 0. The van der Waals surface area contributed by atoms with Gasteiger partial charge in [-0.2, -0.15) is 0 Å². The highest BCUT2D eigenvalue weighted by Crippen LogP contribution is 2.03. The van der Waals surface area contributed by atoms with Gasteiger partial charge in [0.1, 0.15) is 0 Å². The lowest BCUT2D eigenvalue weighted by Crippen LogP contribution is -2.19. The van der Waals surface area contributed by atoms with Crippen molar-refractivity contribution in [3.8, 4) is 0 Å². The van der Waals surface area contributed by atoms with Gasteiger partial charge in [-0.3, -0.25) is 14.4 Å².